The van der Waals surface area contributed by atoms with Gasteiger partial charge in [0.2, 0.25) is 5.91 Å². The minimum absolute atomic E-state index is 0.00665. The maximum atomic E-state index is 12.1. The number of hydrogen-bond donors (Lipinski definition) is 1. The fourth-order valence-electron chi connectivity index (χ4n) is 2.13. The van der Waals surface area contributed by atoms with Crippen molar-refractivity contribution in [2.45, 2.75) is 11.4 Å². The molecule has 0 fully saturated rings. The van der Waals surface area contributed by atoms with Gasteiger partial charge < -0.3 is 15.0 Å². The molecule has 4 nitrogen and oxygen atoms in total. The van der Waals surface area contributed by atoms with Crippen LogP contribution in [0.2, 0.25) is 0 Å². The van der Waals surface area contributed by atoms with Gasteiger partial charge in [-0.05, 0) is 56.1 Å². The molecule has 5 heteroatoms. The Bertz CT molecular complexity index is 642. The normalized spacial score (nSPS) is 10.6. The van der Waals surface area contributed by atoms with Crippen LogP contribution >= 0.6 is 11.8 Å². The molecule has 122 valence electrons. The molecule has 0 spiro atoms. The third kappa shape index (κ3) is 5.96. The van der Waals surface area contributed by atoms with Crippen LogP contribution < -0.4 is 10.1 Å². The average molecular weight is 330 g/mol. The number of benzene rings is 2. The number of rotatable bonds is 7. The van der Waals surface area contributed by atoms with E-state index in [1.54, 1.807) is 7.11 Å². The molecule has 0 bridgehead atoms. The van der Waals surface area contributed by atoms with Crippen molar-refractivity contribution in [2.75, 3.05) is 32.3 Å². The van der Waals surface area contributed by atoms with E-state index in [4.69, 9.17) is 4.74 Å². The number of carbonyl (C=O) groups is 1. The Morgan fingerprint density at radius 3 is 2.57 bits per heavy atom. The molecule has 0 unspecified atom stereocenters. The Kier molecular flexibility index (Phi) is 6.50. The van der Waals surface area contributed by atoms with Crippen molar-refractivity contribution in [3.63, 3.8) is 0 Å². The van der Waals surface area contributed by atoms with Crippen molar-refractivity contribution in [1.82, 2.24) is 4.90 Å². The highest BCUT2D eigenvalue weighted by Crippen LogP contribution is 2.21. The smallest absolute Gasteiger partial charge is 0.234 e. The number of methoxy groups -OCH3 is 1. The third-order valence-electron chi connectivity index (χ3n) is 3.14. The van der Waals surface area contributed by atoms with E-state index in [1.165, 1.54) is 17.3 Å². The lowest BCUT2D eigenvalue weighted by atomic mass is 10.2. The molecule has 0 aliphatic heterocycles. The Morgan fingerprint density at radius 2 is 1.91 bits per heavy atom. The number of nitrogens with one attached hydrogen (secondary N) is 1. The molecule has 0 aromatic heterocycles. The summed E-state index contributed by atoms with van der Waals surface area (Å²) in [6.45, 7) is 0.851. The fourth-order valence-corrected chi connectivity index (χ4v) is 2.83. The lowest BCUT2D eigenvalue weighted by molar-refractivity contribution is -0.113. The summed E-state index contributed by atoms with van der Waals surface area (Å²) in [6, 6.07) is 15.6. The van der Waals surface area contributed by atoms with Gasteiger partial charge in [0.15, 0.2) is 0 Å². The average Bonchev–Trinajstić information content (AvgIpc) is 2.53. The molecule has 23 heavy (non-hydrogen) atoms. The summed E-state index contributed by atoms with van der Waals surface area (Å²) in [5.74, 6) is 1.19. The van der Waals surface area contributed by atoms with E-state index >= 15 is 0 Å². The summed E-state index contributed by atoms with van der Waals surface area (Å²) < 4.78 is 5.12. The van der Waals surface area contributed by atoms with Gasteiger partial charge in [-0.15, -0.1) is 11.8 Å². The SMILES string of the molecule is COc1ccc(SCC(=O)Nc2cccc(CN(C)C)c2)cc1. The summed E-state index contributed by atoms with van der Waals surface area (Å²) in [4.78, 5) is 15.2. The highest BCUT2D eigenvalue weighted by molar-refractivity contribution is 8.00. The van der Waals surface area contributed by atoms with Crippen LogP contribution in [-0.2, 0) is 11.3 Å². The van der Waals surface area contributed by atoms with Crippen molar-refractivity contribution < 1.29 is 9.53 Å². The Hall–Kier alpha value is -1.98. The van der Waals surface area contributed by atoms with Gasteiger partial charge in [0.25, 0.3) is 0 Å². The topological polar surface area (TPSA) is 41.6 Å². The van der Waals surface area contributed by atoms with Gasteiger partial charge in [0.05, 0.1) is 12.9 Å². The number of ether oxygens (including phenoxy) is 1. The standard InChI is InChI=1S/C18H22N2O2S/c1-20(2)12-14-5-4-6-15(11-14)19-18(21)13-23-17-9-7-16(22-3)8-10-17/h4-11H,12-13H2,1-3H3,(H,19,21). The molecular weight excluding hydrogens is 308 g/mol. The molecule has 2 aromatic carbocycles. The molecular formula is C18H22N2O2S. The van der Waals surface area contributed by atoms with Crippen molar-refractivity contribution in [2.24, 2.45) is 0 Å². The van der Waals surface area contributed by atoms with Crippen molar-refractivity contribution in [3.05, 3.63) is 54.1 Å². The molecule has 2 aromatic rings. The summed E-state index contributed by atoms with van der Waals surface area (Å²) >= 11 is 1.51. The van der Waals surface area contributed by atoms with Gasteiger partial charge in [0.1, 0.15) is 5.75 Å². The molecule has 0 radical (unpaired) electrons. The van der Waals surface area contributed by atoms with Crippen molar-refractivity contribution in [1.29, 1.82) is 0 Å². The Labute approximate surface area is 141 Å². The fraction of sp³-hybridized carbons (Fsp3) is 0.278. The van der Waals surface area contributed by atoms with Crippen molar-refractivity contribution >= 4 is 23.4 Å². The zero-order valence-corrected chi connectivity index (χ0v) is 14.5. The third-order valence-corrected chi connectivity index (χ3v) is 4.15. The summed E-state index contributed by atoms with van der Waals surface area (Å²) in [6.07, 6.45) is 0. The maximum absolute atomic E-state index is 12.1. The minimum Gasteiger partial charge on any atom is -0.497 e. The van der Waals surface area contributed by atoms with Crippen molar-refractivity contribution in [3.8, 4) is 5.75 Å². The first-order valence-corrected chi connectivity index (χ1v) is 8.36. The van der Waals surface area contributed by atoms with E-state index in [2.05, 4.69) is 16.3 Å². The zero-order valence-electron chi connectivity index (χ0n) is 13.7. The first-order valence-electron chi connectivity index (χ1n) is 7.37. The number of amides is 1. The molecule has 0 saturated carbocycles. The summed E-state index contributed by atoms with van der Waals surface area (Å²) in [5.41, 5.74) is 2.01. The molecule has 1 amide bonds. The second-order valence-electron chi connectivity index (χ2n) is 5.45. The van der Waals surface area contributed by atoms with Gasteiger partial charge in [-0.2, -0.15) is 0 Å². The van der Waals surface area contributed by atoms with Gasteiger partial charge in [-0.3, -0.25) is 4.79 Å². The number of hydrogen-bond acceptors (Lipinski definition) is 4. The van der Waals surface area contributed by atoms with Crippen LogP contribution in [-0.4, -0.2) is 37.8 Å². The van der Waals surface area contributed by atoms with Crippen LogP contribution in [0.1, 0.15) is 5.56 Å². The number of anilines is 1. The molecule has 0 saturated heterocycles. The van der Waals surface area contributed by atoms with E-state index in [1.807, 2.05) is 56.6 Å². The Balaban J connectivity index is 1.86. The highest BCUT2D eigenvalue weighted by atomic mass is 32.2. The number of nitrogens with zero attached hydrogens (tertiary/aromatic N) is 1. The van der Waals surface area contributed by atoms with Gasteiger partial charge in [-0.25, -0.2) is 0 Å². The monoisotopic (exact) mass is 330 g/mol. The van der Waals surface area contributed by atoms with Gasteiger partial charge in [-0.1, -0.05) is 12.1 Å². The summed E-state index contributed by atoms with van der Waals surface area (Å²) in [5, 5.41) is 2.95. The predicted molar refractivity (Wildman–Crippen MR) is 96.2 cm³/mol. The highest BCUT2D eigenvalue weighted by Gasteiger charge is 2.05. The lowest BCUT2D eigenvalue weighted by Crippen LogP contribution is -2.15. The van der Waals surface area contributed by atoms with Crippen LogP contribution in [0.3, 0.4) is 0 Å². The molecule has 1 N–H and O–H groups in total. The van der Waals surface area contributed by atoms with Crippen LogP contribution in [0.4, 0.5) is 5.69 Å². The maximum Gasteiger partial charge on any atom is 0.234 e. The summed E-state index contributed by atoms with van der Waals surface area (Å²) in [7, 11) is 5.69. The van der Waals surface area contributed by atoms with Crippen LogP contribution in [0.5, 0.6) is 5.75 Å². The first kappa shape index (κ1) is 17.4. The van der Waals surface area contributed by atoms with Gasteiger partial charge >= 0.3 is 0 Å². The second kappa shape index (κ2) is 8.60. The molecule has 0 aliphatic rings. The largest absolute Gasteiger partial charge is 0.497 e. The lowest BCUT2D eigenvalue weighted by Gasteiger charge is -2.11. The predicted octanol–water partition coefficient (Wildman–Crippen LogP) is 3.49. The number of carbonyl (C=O) groups excluding carboxylic acids is 1. The zero-order chi connectivity index (χ0) is 16.7. The molecule has 2 rings (SSSR count). The molecule has 0 heterocycles. The van der Waals surface area contributed by atoms with E-state index in [-0.39, 0.29) is 5.91 Å². The molecule has 0 aliphatic carbocycles. The van der Waals surface area contributed by atoms with Crippen LogP contribution in [0.15, 0.2) is 53.4 Å². The van der Waals surface area contributed by atoms with Crippen LogP contribution in [0, 0.1) is 0 Å². The number of thioether (sulfide) groups is 1. The quantitative estimate of drug-likeness (QED) is 0.789. The van der Waals surface area contributed by atoms with Gasteiger partial charge in [0, 0.05) is 17.1 Å². The minimum atomic E-state index is -0.00665. The second-order valence-corrected chi connectivity index (χ2v) is 6.50. The van der Waals surface area contributed by atoms with E-state index in [9.17, 15) is 4.79 Å². The van der Waals surface area contributed by atoms with E-state index in [0.29, 0.717) is 5.75 Å². The van der Waals surface area contributed by atoms with Crippen LogP contribution in [0.25, 0.3) is 0 Å². The first-order chi connectivity index (χ1) is 11.1. The molecule has 0 atom stereocenters. The van der Waals surface area contributed by atoms with E-state index in [0.717, 1.165) is 22.9 Å². The Morgan fingerprint density at radius 1 is 1.17 bits per heavy atom. The van der Waals surface area contributed by atoms with E-state index < -0.39 is 0 Å².